The maximum atomic E-state index is 12.1. The van der Waals surface area contributed by atoms with Gasteiger partial charge in [-0.2, -0.15) is 0 Å². The predicted octanol–water partition coefficient (Wildman–Crippen LogP) is 2.25. The van der Waals surface area contributed by atoms with E-state index in [2.05, 4.69) is 16.4 Å². The number of carbonyl (C=O) groups is 1. The first-order valence-electron chi connectivity index (χ1n) is 7.35. The zero-order chi connectivity index (χ0) is 15.5. The Morgan fingerprint density at radius 1 is 1.55 bits per heavy atom. The molecule has 0 fully saturated rings. The van der Waals surface area contributed by atoms with Crippen LogP contribution in [0, 0.1) is 0 Å². The van der Waals surface area contributed by atoms with Gasteiger partial charge in [-0.05, 0) is 30.2 Å². The first-order valence-corrected chi connectivity index (χ1v) is 8.16. The smallest absolute Gasteiger partial charge is 0.263 e. The van der Waals surface area contributed by atoms with Gasteiger partial charge < -0.3 is 15.2 Å². The highest BCUT2D eigenvalue weighted by Crippen LogP contribution is 2.32. The number of aromatic nitrogens is 1. The SMILES string of the molecule is CCC(CO)NC(=O)c1cnc(-c2ccc3c(c2)CCO3)s1. The number of nitrogens with one attached hydrogen (secondary N) is 1. The highest BCUT2D eigenvalue weighted by molar-refractivity contribution is 7.16. The van der Waals surface area contributed by atoms with Crippen LogP contribution in [0.2, 0.25) is 0 Å². The molecule has 6 heteroatoms. The summed E-state index contributed by atoms with van der Waals surface area (Å²) in [6, 6.07) is 5.78. The number of nitrogens with zero attached hydrogens (tertiary/aromatic N) is 1. The van der Waals surface area contributed by atoms with Crippen LogP contribution in [0.3, 0.4) is 0 Å². The largest absolute Gasteiger partial charge is 0.493 e. The second-order valence-corrected chi connectivity index (χ2v) is 6.24. The van der Waals surface area contributed by atoms with Crippen molar-refractivity contribution in [2.75, 3.05) is 13.2 Å². The Bertz CT molecular complexity index is 680. The van der Waals surface area contributed by atoms with Crippen molar-refractivity contribution in [3.05, 3.63) is 34.8 Å². The van der Waals surface area contributed by atoms with Gasteiger partial charge in [0.25, 0.3) is 5.91 Å². The van der Waals surface area contributed by atoms with Crippen molar-refractivity contribution in [2.24, 2.45) is 0 Å². The Morgan fingerprint density at radius 2 is 2.41 bits per heavy atom. The van der Waals surface area contributed by atoms with Crippen LogP contribution in [0.4, 0.5) is 0 Å². The van der Waals surface area contributed by atoms with Crippen molar-refractivity contribution in [3.63, 3.8) is 0 Å². The third kappa shape index (κ3) is 2.98. The lowest BCUT2D eigenvalue weighted by atomic mass is 10.1. The fraction of sp³-hybridized carbons (Fsp3) is 0.375. The van der Waals surface area contributed by atoms with Gasteiger partial charge in [0.15, 0.2) is 0 Å². The molecule has 0 radical (unpaired) electrons. The molecule has 0 saturated heterocycles. The molecule has 116 valence electrons. The topological polar surface area (TPSA) is 71.5 Å². The minimum absolute atomic E-state index is 0.0568. The maximum absolute atomic E-state index is 12.1. The first-order chi connectivity index (χ1) is 10.7. The molecule has 2 heterocycles. The summed E-state index contributed by atoms with van der Waals surface area (Å²) in [5.74, 6) is 0.751. The highest BCUT2D eigenvalue weighted by Gasteiger charge is 2.17. The molecule has 1 aliphatic rings. The number of hydrogen-bond donors (Lipinski definition) is 2. The number of amides is 1. The molecular weight excluding hydrogens is 300 g/mol. The van der Waals surface area contributed by atoms with Gasteiger partial charge in [-0.15, -0.1) is 11.3 Å². The lowest BCUT2D eigenvalue weighted by Crippen LogP contribution is -2.36. The van der Waals surface area contributed by atoms with Crippen LogP contribution in [0.15, 0.2) is 24.4 Å². The Morgan fingerprint density at radius 3 is 3.18 bits per heavy atom. The molecule has 1 amide bonds. The Hall–Kier alpha value is -1.92. The monoisotopic (exact) mass is 318 g/mol. The summed E-state index contributed by atoms with van der Waals surface area (Å²) in [6.45, 7) is 2.59. The number of fused-ring (bicyclic) bond motifs is 1. The molecule has 0 aliphatic carbocycles. The summed E-state index contributed by atoms with van der Waals surface area (Å²) < 4.78 is 5.50. The van der Waals surface area contributed by atoms with Crippen molar-refractivity contribution in [2.45, 2.75) is 25.8 Å². The summed E-state index contributed by atoms with van der Waals surface area (Å²) in [4.78, 5) is 17.0. The molecule has 22 heavy (non-hydrogen) atoms. The summed E-state index contributed by atoms with van der Waals surface area (Å²) in [5, 5.41) is 12.8. The Balaban J connectivity index is 1.77. The van der Waals surface area contributed by atoms with E-state index in [4.69, 9.17) is 9.84 Å². The minimum Gasteiger partial charge on any atom is -0.493 e. The summed E-state index contributed by atoms with van der Waals surface area (Å²) in [6.07, 6.45) is 3.19. The molecular formula is C16H18N2O3S. The minimum atomic E-state index is -0.213. The molecule has 2 aromatic rings. The normalized spacial score (nSPS) is 14.3. The molecule has 1 atom stereocenters. The number of aliphatic hydroxyl groups is 1. The average Bonchev–Trinajstić information content (AvgIpc) is 3.20. The number of rotatable bonds is 5. The molecule has 0 bridgehead atoms. The van der Waals surface area contributed by atoms with E-state index in [1.165, 1.54) is 16.9 Å². The van der Waals surface area contributed by atoms with Crippen molar-refractivity contribution in [1.82, 2.24) is 10.3 Å². The third-order valence-electron chi connectivity index (χ3n) is 3.71. The molecule has 1 unspecified atom stereocenters. The number of carbonyl (C=O) groups excluding carboxylic acids is 1. The van der Waals surface area contributed by atoms with Crippen LogP contribution in [0.25, 0.3) is 10.6 Å². The van der Waals surface area contributed by atoms with Gasteiger partial charge in [0, 0.05) is 12.0 Å². The standard InChI is InChI=1S/C16H18N2O3S/c1-2-12(9-19)18-15(20)14-8-17-16(22-14)11-3-4-13-10(7-11)5-6-21-13/h3-4,7-8,12,19H,2,5-6,9H2,1H3,(H,18,20). The van der Waals surface area contributed by atoms with E-state index in [0.717, 1.165) is 29.3 Å². The number of hydrogen-bond acceptors (Lipinski definition) is 5. The van der Waals surface area contributed by atoms with Crippen LogP contribution in [0.1, 0.15) is 28.6 Å². The van der Waals surface area contributed by atoms with Crippen molar-refractivity contribution >= 4 is 17.2 Å². The summed E-state index contributed by atoms with van der Waals surface area (Å²) in [7, 11) is 0. The van der Waals surface area contributed by atoms with E-state index in [-0.39, 0.29) is 18.6 Å². The number of thiazole rings is 1. The van der Waals surface area contributed by atoms with Crippen LogP contribution >= 0.6 is 11.3 Å². The fourth-order valence-electron chi connectivity index (χ4n) is 2.37. The highest BCUT2D eigenvalue weighted by atomic mass is 32.1. The first kappa shape index (κ1) is 15.0. The van der Waals surface area contributed by atoms with Gasteiger partial charge in [0.2, 0.25) is 0 Å². The van der Waals surface area contributed by atoms with Crippen molar-refractivity contribution in [3.8, 4) is 16.3 Å². The van der Waals surface area contributed by atoms with E-state index >= 15 is 0 Å². The molecule has 1 aromatic heterocycles. The van der Waals surface area contributed by atoms with Crippen molar-refractivity contribution < 1.29 is 14.6 Å². The van der Waals surface area contributed by atoms with Crippen LogP contribution in [-0.4, -0.2) is 35.3 Å². The van der Waals surface area contributed by atoms with Crippen LogP contribution < -0.4 is 10.1 Å². The maximum Gasteiger partial charge on any atom is 0.263 e. The molecule has 2 N–H and O–H groups in total. The van der Waals surface area contributed by atoms with E-state index in [1.807, 2.05) is 19.1 Å². The lowest BCUT2D eigenvalue weighted by molar-refractivity contribution is 0.0919. The average molecular weight is 318 g/mol. The number of benzene rings is 1. The second kappa shape index (κ2) is 6.46. The van der Waals surface area contributed by atoms with Gasteiger partial charge in [0.05, 0.1) is 25.5 Å². The Labute approximate surface area is 133 Å². The van der Waals surface area contributed by atoms with E-state index < -0.39 is 0 Å². The fourth-order valence-corrected chi connectivity index (χ4v) is 3.18. The zero-order valence-corrected chi connectivity index (χ0v) is 13.2. The zero-order valence-electron chi connectivity index (χ0n) is 12.3. The van der Waals surface area contributed by atoms with Crippen molar-refractivity contribution in [1.29, 1.82) is 0 Å². The molecule has 0 saturated carbocycles. The molecule has 3 rings (SSSR count). The van der Waals surface area contributed by atoms with Crippen LogP contribution in [0.5, 0.6) is 5.75 Å². The lowest BCUT2D eigenvalue weighted by Gasteiger charge is -2.12. The second-order valence-electron chi connectivity index (χ2n) is 5.21. The molecule has 5 nitrogen and oxygen atoms in total. The van der Waals surface area contributed by atoms with E-state index in [9.17, 15) is 4.79 Å². The van der Waals surface area contributed by atoms with E-state index in [0.29, 0.717) is 11.3 Å². The summed E-state index contributed by atoms with van der Waals surface area (Å²) in [5.41, 5.74) is 2.19. The van der Waals surface area contributed by atoms with Gasteiger partial charge in [0.1, 0.15) is 15.6 Å². The number of aliphatic hydroxyl groups excluding tert-OH is 1. The molecule has 0 spiro atoms. The van der Waals surface area contributed by atoms with Gasteiger partial charge in [-0.1, -0.05) is 6.92 Å². The number of ether oxygens (including phenoxy) is 1. The third-order valence-corrected chi connectivity index (χ3v) is 4.76. The van der Waals surface area contributed by atoms with Gasteiger partial charge in [-0.25, -0.2) is 4.98 Å². The van der Waals surface area contributed by atoms with Gasteiger partial charge in [-0.3, -0.25) is 4.79 Å². The molecule has 1 aliphatic heterocycles. The van der Waals surface area contributed by atoms with E-state index in [1.54, 1.807) is 6.20 Å². The molecule has 1 aromatic carbocycles. The Kier molecular flexibility index (Phi) is 4.40. The quantitative estimate of drug-likeness (QED) is 0.887. The summed E-state index contributed by atoms with van der Waals surface area (Å²) >= 11 is 1.36. The van der Waals surface area contributed by atoms with Crippen LogP contribution in [-0.2, 0) is 6.42 Å². The predicted molar refractivity (Wildman–Crippen MR) is 85.4 cm³/mol. The van der Waals surface area contributed by atoms with Gasteiger partial charge >= 0.3 is 0 Å².